The number of methoxy groups -OCH3 is 1. The van der Waals surface area contributed by atoms with Gasteiger partial charge in [0, 0.05) is 26.1 Å². The molecule has 0 bridgehead atoms. The van der Waals surface area contributed by atoms with E-state index in [1.807, 2.05) is 0 Å². The quantitative estimate of drug-likeness (QED) is 0.677. The number of carboxylic acid groups (broad SMARTS) is 1. The minimum atomic E-state index is -0.979. The van der Waals surface area contributed by atoms with Gasteiger partial charge in [0.2, 0.25) is 5.91 Å². The monoisotopic (exact) mass is 272 g/mol. The van der Waals surface area contributed by atoms with Crippen molar-refractivity contribution in [3.05, 3.63) is 0 Å². The molecule has 2 rings (SSSR count). The smallest absolute Gasteiger partial charge is 0.326 e. The number of hydrogen-bond acceptors (Lipinski definition) is 5. The SMILES string of the molecule is CNC1COCC1C(=O)N1CC(OC)CC1C(=O)O. The summed E-state index contributed by atoms with van der Waals surface area (Å²) in [5, 5.41) is 12.3. The van der Waals surface area contributed by atoms with Crippen molar-refractivity contribution in [3.63, 3.8) is 0 Å². The van der Waals surface area contributed by atoms with E-state index in [2.05, 4.69) is 5.32 Å². The number of ether oxygens (including phenoxy) is 2. The van der Waals surface area contributed by atoms with Crippen molar-refractivity contribution in [3.8, 4) is 0 Å². The topological polar surface area (TPSA) is 88.1 Å². The molecule has 4 atom stereocenters. The van der Waals surface area contributed by atoms with Crippen LogP contribution in [0, 0.1) is 5.92 Å². The molecule has 2 N–H and O–H groups in total. The number of nitrogens with zero attached hydrogens (tertiary/aromatic N) is 1. The highest BCUT2D eigenvalue weighted by Crippen LogP contribution is 2.25. The third-order valence-corrected chi connectivity index (χ3v) is 3.93. The van der Waals surface area contributed by atoms with Gasteiger partial charge in [-0.25, -0.2) is 4.79 Å². The number of aliphatic carboxylic acids is 1. The van der Waals surface area contributed by atoms with Crippen molar-refractivity contribution in [2.24, 2.45) is 5.92 Å². The highest BCUT2D eigenvalue weighted by Gasteiger charge is 2.44. The lowest BCUT2D eigenvalue weighted by Crippen LogP contribution is -2.48. The number of hydrogen-bond donors (Lipinski definition) is 2. The standard InChI is InChI=1S/C12H20N2O5/c1-13-9-6-19-5-8(9)11(15)14-4-7(18-2)3-10(14)12(16)17/h7-10,13H,3-6H2,1-2H3,(H,16,17). The van der Waals surface area contributed by atoms with Gasteiger partial charge in [-0.1, -0.05) is 0 Å². The molecule has 0 aliphatic carbocycles. The Morgan fingerprint density at radius 3 is 2.74 bits per heavy atom. The third kappa shape index (κ3) is 2.72. The Morgan fingerprint density at radius 1 is 1.42 bits per heavy atom. The van der Waals surface area contributed by atoms with Gasteiger partial charge in [0.1, 0.15) is 6.04 Å². The zero-order chi connectivity index (χ0) is 14.0. The predicted molar refractivity (Wildman–Crippen MR) is 65.7 cm³/mol. The zero-order valence-electron chi connectivity index (χ0n) is 11.2. The van der Waals surface area contributed by atoms with E-state index >= 15 is 0 Å². The van der Waals surface area contributed by atoms with E-state index in [1.165, 1.54) is 12.0 Å². The maximum atomic E-state index is 12.5. The number of carbonyl (C=O) groups is 2. The summed E-state index contributed by atoms with van der Waals surface area (Å²) in [6.07, 6.45) is 0.135. The van der Waals surface area contributed by atoms with Crippen molar-refractivity contribution >= 4 is 11.9 Å². The molecule has 7 heteroatoms. The molecule has 7 nitrogen and oxygen atoms in total. The van der Waals surface area contributed by atoms with E-state index in [-0.39, 0.29) is 24.0 Å². The maximum absolute atomic E-state index is 12.5. The van der Waals surface area contributed by atoms with Gasteiger partial charge < -0.3 is 24.8 Å². The van der Waals surface area contributed by atoms with Crippen LogP contribution >= 0.6 is 0 Å². The molecule has 0 aromatic carbocycles. The molecule has 0 spiro atoms. The van der Waals surface area contributed by atoms with Crippen LogP contribution in [0.2, 0.25) is 0 Å². The van der Waals surface area contributed by atoms with Crippen molar-refractivity contribution in [2.75, 3.05) is 33.9 Å². The van der Waals surface area contributed by atoms with E-state index in [4.69, 9.17) is 9.47 Å². The molecule has 2 saturated heterocycles. The number of likely N-dealkylation sites (tertiary alicyclic amines) is 1. The lowest BCUT2D eigenvalue weighted by atomic mass is 10.0. The van der Waals surface area contributed by atoms with E-state index in [1.54, 1.807) is 7.05 Å². The van der Waals surface area contributed by atoms with Crippen LogP contribution in [-0.4, -0.2) is 74.0 Å². The molecule has 2 aliphatic heterocycles. The number of amides is 1. The van der Waals surface area contributed by atoms with Crippen molar-refractivity contribution in [1.29, 1.82) is 0 Å². The molecule has 1 amide bonds. The Morgan fingerprint density at radius 2 is 2.16 bits per heavy atom. The van der Waals surface area contributed by atoms with Gasteiger partial charge in [0.25, 0.3) is 0 Å². The fraction of sp³-hybridized carbons (Fsp3) is 0.833. The Labute approximate surface area is 111 Å². The van der Waals surface area contributed by atoms with E-state index in [0.29, 0.717) is 26.2 Å². The summed E-state index contributed by atoms with van der Waals surface area (Å²) in [5.74, 6) is -1.46. The highest BCUT2D eigenvalue weighted by molar-refractivity contribution is 5.86. The summed E-state index contributed by atoms with van der Waals surface area (Å²) in [6.45, 7) is 1.15. The number of carboxylic acids is 1. The summed E-state index contributed by atoms with van der Waals surface area (Å²) in [4.78, 5) is 25.1. The van der Waals surface area contributed by atoms with Gasteiger partial charge in [-0.3, -0.25) is 4.79 Å². The normalized spacial score (nSPS) is 34.7. The third-order valence-electron chi connectivity index (χ3n) is 3.93. The van der Waals surface area contributed by atoms with E-state index < -0.39 is 12.0 Å². The molecule has 19 heavy (non-hydrogen) atoms. The molecule has 2 heterocycles. The fourth-order valence-corrected chi connectivity index (χ4v) is 2.74. The molecule has 4 unspecified atom stereocenters. The molecule has 2 aliphatic rings. The zero-order valence-corrected chi connectivity index (χ0v) is 11.2. The minimum absolute atomic E-state index is 0.0523. The van der Waals surface area contributed by atoms with Crippen LogP contribution in [-0.2, 0) is 19.1 Å². The number of nitrogens with one attached hydrogen (secondary N) is 1. The molecular weight excluding hydrogens is 252 g/mol. The summed E-state index contributed by atoms with van der Waals surface area (Å²) in [6, 6.07) is -0.848. The van der Waals surface area contributed by atoms with Gasteiger partial charge in [-0.05, 0) is 7.05 Å². The van der Waals surface area contributed by atoms with E-state index in [9.17, 15) is 14.7 Å². The lowest BCUT2D eigenvalue weighted by Gasteiger charge is -2.26. The Hall–Kier alpha value is -1.18. The van der Waals surface area contributed by atoms with Crippen LogP contribution in [0.5, 0.6) is 0 Å². The van der Waals surface area contributed by atoms with Crippen molar-refractivity contribution < 1.29 is 24.2 Å². The Bertz CT molecular complexity index is 362. The molecule has 108 valence electrons. The largest absolute Gasteiger partial charge is 0.480 e. The van der Waals surface area contributed by atoms with Gasteiger partial charge in [0.05, 0.1) is 25.2 Å². The number of likely N-dealkylation sites (N-methyl/N-ethyl adjacent to an activating group) is 1. The maximum Gasteiger partial charge on any atom is 0.326 e. The first-order valence-corrected chi connectivity index (χ1v) is 6.39. The van der Waals surface area contributed by atoms with Crippen molar-refractivity contribution in [2.45, 2.75) is 24.6 Å². The van der Waals surface area contributed by atoms with Crippen molar-refractivity contribution in [1.82, 2.24) is 10.2 Å². The summed E-state index contributed by atoms with van der Waals surface area (Å²) in [5.41, 5.74) is 0. The van der Waals surface area contributed by atoms with Gasteiger partial charge >= 0.3 is 5.97 Å². The molecule has 0 saturated carbocycles. The summed E-state index contributed by atoms with van der Waals surface area (Å²) < 4.78 is 10.5. The lowest BCUT2D eigenvalue weighted by molar-refractivity contribution is -0.150. The summed E-state index contributed by atoms with van der Waals surface area (Å²) >= 11 is 0. The van der Waals surface area contributed by atoms with Crippen LogP contribution in [0.15, 0.2) is 0 Å². The highest BCUT2D eigenvalue weighted by atomic mass is 16.5. The van der Waals surface area contributed by atoms with Crippen LogP contribution in [0.4, 0.5) is 0 Å². The Balaban J connectivity index is 2.10. The number of carbonyl (C=O) groups excluding carboxylic acids is 1. The Kier molecular flexibility index (Phi) is 4.38. The van der Waals surface area contributed by atoms with Crippen LogP contribution in [0.25, 0.3) is 0 Å². The first kappa shape index (κ1) is 14.2. The van der Waals surface area contributed by atoms with E-state index in [0.717, 1.165) is 0 Å². The van der Waals surface area contributed by atoms with Gasteiger partial charge in [0.15, 0.2) is 0 Å². The second kappa shape index (κ2) is 5.85. The van der Waals surface area contributed by atoms with Crippen LogP contribution in [0.3, 0.4) is 0 Å². The summed E-state index contributed by atoms with van der Waals surface area (Å²) in [7, 11) is 3.31. The first-order valence-electron chi connectivity index (χ1n) is 6.39. The van der Waals surface area contributed by atoms with Gasteiger partial charge in [-0.15, -0.1) is 0 Å². The average Bonchev–Trinajstić information content (AvgIpc) is 3.03. The minimum Gasteiger partial charge on any atom is -0.480 e. The predicted octanol–water partition coefficient (Wildman–Crippen LogP) is -1.08. The van der Waals surface area contributed by atoms with Crippen LogP contribution < -0.4 is 5.32 Å². The second-order valence-corrected chi connectivity index (χ2v) is 4.98. The fourth-order valence-electron chi connectivity index (χ4n) is 2.74. The number of rotatable bonds is 4. The van der Waals surface area contributed by atoms with Gasteiger partial charge in [-0.2, -0.15) is 0 Å². The molecule has 0 aromatic rings. The molecule has 2 fully saturated rings. The molecule has 0 radical (unpaired) electrons. The molecular formula is C12H20N2O5. The molecule has 0 aromatic heterocycles. The first-order chi connectivity index (χ1) is 9.08. The van der Waals surface area contributed by atoms with Crippen LogP contribution in [0.1, 0.15) is 6.42 Å². The average molecular weight is 272 g/mol. The second-order valence-electron chi connectivity index (χ2n) is 4.98.